The maximum absolute atomic E-state index is 12.7. The van der Waals surface area contributed by atoms with Crippen LogP contribution < -0.4 is 4.90 Å². The number of rotatable bonds is 2. The number of halogens is 3. The minimum Gasteiger partial charge on any atom is -0.370 e. The highest BCUT2D eigenvalue weighted by Gasteiger charge is 2.31. The highest BCUT2D eigenvalue weighted by atomic mass is 19.4. The molecule has 1 aromatic carbocycles. The van der Waals surface area contributed by atoms with E-state index in [1.807, 2.05) is 18.7 Å². The molecule has 128 valence electrons. The quantitative estimate of drug-likeness (QED) is 0.838. The van der Waals surface area contributed by atoms with E-state index in [0.29, 0.717) is 25.6 Å². The molecule has 24 heavy (non-hydrogen) atoms. The van der Waals surface area contributed by atoms with E-state index < -0.39 is 11.7 Å². The molecule has 1 atom stereocenters. The molecule has 1 aliphatic rings. The molecule has 3 rings (SSSR count). The molecule has 0 amide bonds. The van der Waals surface area contributed by atoms with Gasteiger partial charge in [0.1, 0.15) is 6.10 Å². The molecular weight excluding hydrogens is 319 g/mol. The predicted molar refractivity (Wildman–Crippen MR) is 83.9 cm³/mol. The van der Waals surface area contributed by atoms with Crippen molar-refractivity contribution < 1.29 is 17.9 Å². The summed E-state index contributed by atoms with van der Waals surface area (Å²) in [4.78, 5) is 10.8. The van der Waals surface area contributed by atoms with Crippen LogP contribution in [0.25, 0.3) is 0 Å². The lowest BCUT2D eigenvalue weighted by Gasteiger charge is -2.33. The van der Waals surface area contributed by atoms with Crippen LogP contribution in [0.15, 0.2) is 30.5 Å². The number of ether oxygens (including phenoxy) is 1. The Morgan fingerprint density at radius 3 is 2.50 bits per heavy atom. The second kappa shape index (κ2) is 6.39. The third-order valence-corrected chi connectivity index (χ3v) is 4.17. The Balaban J connectivity index is 1.76. The van der Waals surface area contributed by atoms with Crippen molar-refractivity contribution in [2.24, 2.45) is 0 Å². The van der Waals surface area contributed by atoms with E-state index in [-0.39, 0.29) is 6.10 Å². The van der Waals surface area contributed by atoms with Crippen molar-refractivity contribution in [3.05, 3.63) is 52.8 Å². The summed E-state index contributed by atoms with van der Waals surface area (Å²) < 4.78 is 43.7. The Bertz CT molecular complexity index is 716. The van der Waals surface area contributed by atoms with Gasteiger partial charge in [0.2, 0.25) is 5.95 Å². The van der Waals surface area contributed by atoms with Crippen LogP contribution >= 0.6 is 0 Å². The summed E-state index contributed by atoms with van der Waals surface area (Å²) in [5, 5.41) is 0. The summed E-state index contributed by atoms with van der Waals surface area (Å²) >= 11 is 0. The van der Waals surface area contributed by atoms with E-state index in [4.69, 9.17) is 4.74 Å². The van der Waals surface area contributed by atoms with Gasteiger partial charge >= 0.3 is 6.18 Å². The third-order valence-electron chi connectivity index (χ3n) is 4.17. The van der Waals surface area contributed by atoms with Crippen molar-refractivity contribution in [1.29, 1.82) is 0 Å². The molecule has 0 bridgehead atoms. The fraction of sp³-hybridized carbons (Fsp3) is 0.412. The summed E-state index contributed by atoms with van der Waals surface area (Å²) in [6, 6.07) is 5.12. The fourth-order valence-electron chi connectivity index (χ4n) is 2.59. The first kappa shape index (κ1) is 16.7. The summed E-state index contributed by atoms with van der Waals surface area (Å²) in [6.45, 7) is 5.51. The van der Waals surface area contributed by atoms with Crippen LogP contribution in [-0.4, -0.2) is 29.7 Å². The van der Waals surface area contributed by atoms with Crippen LogP contribution in [0.4, 0.5) is 19.1 Å². The molecule has 1 unspecified atom stereocenters. The SMILES string of the molecule is Cc1cnc(N2CCOC(c3ccc(C(F)(F)F)cc3)C2)nc1C. The van der Waals surface area contributed by atoms with Crippen molar-refractivity contribution in [1.82, 2.24) is 9.97 Å². The molecule has 4 nitrogen and oxygen atoms in total. The number of alkyl halides is 3. The summed E-state index contributed by atoms with van der Waals surface area (Å²) in [5.41, 5.74) is 2.00. The predicted octanol–water partition coefficient (Wildman–Crippen LogP) is 3.69. The minimum atomic E-state index is -4.33. The second-order valence-electron chi connectivity index (χ2n) is 5.86. The Morgan fingerprint density at radius 1 is 1.17 bits per heavy atom. The van der Waals surface area contributed by atoms with Crippen LogP contribution in [-0.2, 0) is 10.9 Å². The van der Waals surface area contributed by atoms with E-state index in [9.17, 15) is 13.2 Å². The molecule has 7 heteroatoms. The smallest absolute Gasteiger partial charge is 0.370 e. The lowest BCUT2D eigenvalue weighted by molar-refractivity contribution is -0.137. The largest absolute Gasteiger partial charge is 0.416 e. The van der Waals surface area contributed by atoms with Crippen molar-refractivity contribution in [3.8, 4) is 0 Å². The average molecular weight is 337 g/mol. The number of aryl methyl sites for hydroxylation is 2. The number of hydrogen-bond acceptors (Lipinski definition) is 4. The highest BCUT2D eigenvalue weighted by Crippen LogP contribution is 2.31. The van der Waals surface area contributed by atoms with Gasteiger partial charge in [-0.05, 0) is 37.1 Å². The first-order chi connectivity index (χ1) is 11.3. The van der Waals surface area contributed by atoms with Gasteiger partial charge in [0, 0.05) is 18.4 Å². The molecule has 1 aliphatic heterocycles. The maximum atomic E-state index is 12.7. The molecule has 2 aromatic rings. The van der Waals surface area contributed by atoms with Crippen LogP contribution in [0.5, 0.6) is 0 Å². The molecule has 0 saturated carbocycles. The summed E-state index contributed by atoms with van der Waals surface area (Å²) in [5.74, 6) is 0.623. The van der Waals surface area contributed by atoms with E-state index in [1.54, 1.807) is 6.20 Å². The molecule has 0 aliphatic carbocycles. The number of morpholine rings is 1. The van der Waals surface area contributed by atoms with Gasteiger partial charge in [0.15, 0.2) is 0 Å². The van der Waals surface area contributed by atoms with Crippen LogP contribution in [0.2, 0.25) is 0 Å². The Hall–Kier alpha value is -2.15. The van der Waals surface area contributed by atoms with Gasteiger partial charge in [-0.2, -0.15) is 13.2 Å². The molecule has 0 spiro atoms. The Kier molecular flexibility index (Phi) is 4.45. The summed E-state index contributed by atoms with van der Waals surface area (Å²) in [7, 11) is 0. The first-order valence-corrected chi connectivity index (χ1v) is 7.68. The fourth-order valence-corrected chi connectivity index (χ4v) is 2.59. The van der Waals surface area contributed by atoms with Crippen molar-refractivity contribution in [2.45, 2.75) is 26.1 Å². The zero-order valence-electron chi connectivity index (χ0n) is 13.5. The van der Waals surface area contributed by atoms with Gasteiger partial charge in [0.25, 0.3) is 0 Å². The lowest BCUT2D eigenvalue weighted by Crippen LogP contribution is -2.39. The van der Waals surface area contributed by atoms with Crippen molar-refractivity contribution in [3.63, 3.8) is 0 Å². The van der Waals surface area contributed by atoms with E-state index >= 15 is 0 Å². The van der Waals surface area contributed by atoms with Gasteiger partial charge in [-0.15, -0.1) is 0 Å². The first-order valence-electron chi connectivity index (χ1n) is 7.68. The number of hydrogen-bond donors (Lipinski definition) is 0. The molecule has 1 fully saturated rings. The molecule has 1 aromatic heterocycles. The zero-order chi connectivity index (χ0) is 17.3. The van der Waals surface area contributed by atoms with Gasteiger partial charge in [-0.1, -0.05) is 12.1 Å². The molecular formula is C17H18F3N3O. The normalized spacial score (nSPS) is 18.7. The number of benzene rings is 1. The van der Waals surface area contributed by atoms with Crippen molar-refractivity contribution in [2.75, 3.05) is 24.6 Å². The van der Waals surface area contributed by atoms with Crippen LogP contribution in [0.1, 0.15) is 28.5 Å². The zero-order valence-corrected chi connectivity index (χ0v) is 13.5. The number of anilines is 1. The van der Waals surface area contributed by atoms with Crippen molar-refractivity contribution >= 4 is 5.95 Å². The second-order valence-corrected chi connectivity index (χ2v) is 5.86. The number of nitrogens with zero attached hydrogens (tertiary/aromatic N) is 3. The molecule has 2 heterocycles. The van der Waals surface area contributed by atoms with E-state index in [1.165, 1.54) is 12.1 Å². The monoisotopic (exact) mass is 337 g/mol. The lowest BCUT2D eigenvalue weighted by atomic mass is 10.1. The summed E-state index contributed by atoms with van der Waals surface area (Å²) in [6.07, 6.45) is -2.85. The van der Waals surface area contributed by atoms with Gasteiger partial charge in [-0.25, -0.2) is 9.97 Å². The molecule has 1 saturated heterocycles. The van der Waals surface area contributed by atoms with Gasteiger partial charge in [-0.3, -0.25) is 0 Å². The highest BCUT2D eigenvalue weighted by molar-refractivity contribution is 5.35. The van der Waals surface area contributed by atoms with E-state index in [2.05, 4.69) is 9.97 Å². The molecule has 0 radical (unpaired) electrons. The Labute approximate surface area is 138 Å². The minimum absolute atomic E-state index is 0.300. The number of aromatic nitrogens is 2. The average Bonchev–Trinajstić information content (AvgIpc) is 2.57. The van der Waals surface area contributed by atoms with Crippen LogP contribution in [0.3, 0.4) is 0 Å². The van der Waals surface area contributed by atoms with E-state index in [0.717, 1.165) is 29.0 Å². The Morgan fingerprint density at radius 2 is 1.88 bits per heavy atom. The maximum Gasteiger partial charge on any atom is 0.416 e. The molecule has 0 N–H and O–H groups in total. The topological polar surface area (TPSA) is 38.2 Å². The van der Waals surface area contributed by atoms with Crippen LogP contribution in [0, 0.1) is 13.8 Å². The standard InChI is InChI=1S/C17H18F3N3O/c1-11-9-21-16(22-12(11)2)23-7-8-24-15(10-23)13-3-5-14(6-4-13)17(18,19)20/h3-6,9,15H,7-8,10H2,1-2H3. The van der Waals surface area contributed by atoms with Gasteiger partial charge in [0.05, 0.1) is 18.7 Å². The van der Waals surface area contributed by atoms with Gasteiger partial charge < -0.3 is 9.64 Å². The third kappa shape index (κ3) is 3.51.